The number of carbonyl (C=O) groups is 2. The Morgan fingerprint density at radius 1 is 1.14 bits per heavy atom. The molecule has 0 saturated carbocycles. The molecule has 2 aliphatic heterocycles. The molecule has 6 heteroatoms. The maximum absolute atomic E-state index is 12.8. The Labute approximate surface area is 169 Å². The topological polar surface area (TPSA) is 61.4 Å². The van der Waals surface area contributed by atoms with Crippen LogP contribution in [0.25, 0.3) is 0 Å². The summed E-state index contributed by atoms with van der Waals surface area (Å²) in [6.07, 6.45) is 2.91. The Bertz CT molecular complexity index is 850. The maximum Gasteiger partial charge on any atom is 0.251 e. The van der Waals surface area contributed by atoms with Crippen LogP contribution >= 0.6 is 11.8 Å². The molecule has 0 aromatic heterocycles. The standard InChI is InChI=1S/C22H25N3O2S/c26-21-10-13-28-20-9-8-17(14-18(20)24-21)22(27)23-15-19(25-11-4-5-12-25)16-6-2-1-3-7-16/h1-3,6-9,14,19H,4-5,10-13,15H2,(H,23,27)(H,24,26). The number of thioether (sulfide) groups is 1. The van der Waals surface area contributed by atoms with E-state index >= 15 is 0 Å². The molecule has 146 valence electrons. The van der Waals surface area contributed by atoms with Crippen LogP contribution in [-0.4, -0.2) is 42.1 Å². The Morgan fingerprint density at radius 3 is 2.71 bits per heavy atom. The third kappa shape index (κ3) is 4.39. The largest absolute Gasteiger partial charge is 0.350 e. The van der Waals surface area contributed by atoms with Gasteiger partial charge < -0.3 is 10.6 Å². The highest BCUT2D eigenvalue weighted by atomic mass is 32.2. The third-order valence-electron chi connectivity index (χ3n) is 5.32. The van der Waals surface area contributed by atoms with E-state index in [1.807, 2.05) is 30.3 Å². The van der Waals surface area contributed by atoms with Gasteiger partial charge in [-0.15, -0.1) is 11.8 Å². The summed E-state index contributed by atoms with van der Waals surface area (Å²) < 4.78 is 0. The molecular formula is C22H25N3O2S. The summed E-state index contributed by atoms with van der Waals surface area (Å²) in [6.45, 7) is 2.70. The summed E-state index contributed by atoms with van der Waals surface area (Å²) in [7, 11) is 0. The van der Waals surface area contributed by atoms with Crippen LogP contribution in [0.4, 0.5) is 5.69 Å². The van der Waals surface area contributed by atoms with Gasteiger partial charge in [0.1, 0.15) is 0 Å². The number of anilines is 1. The molecule has 2 aromatic rings. The average Bonchev–Trinajstić information content (AvgIpc) is 3.17. The predicted octanol–water partition coefficient (Wildman–Crippen LogP) is 3.69. The highest BCUT2D eigenvalue weighted by Crippen LogP contribution is 2.31. The minimum Gasteiger partial charge on any atom is -0.350 e. The summed E-state index contributed by atoms with van der Waals surface area (Å²) >= 11 is 1.64. The number of hydrogen-bond donors (Lipinski definition) is 2. The van der Waals surface area contributed by atoms with E-state index in [1.54, 1.807) is 17.8 Å². The van der Waals surface area contributed by atoms with Crippen molar-refractivity contribution in [3.63, 3.8) is 0 Å². The van der Waals surface area contributed by atoms with Crippen LogP contribution in [0.2, 0.25) is 0 Å². The van der Waals surface area contributed by atoms with Crippen molar-refractivity contribution >= 4 is 29.3 Å². The van der Waals surface area contributed by atoms with Gasteiger partial charge >= 0.3 is 0 Å². The fourth-order valence-corrected chi connectivity index (χ4v) is 4.78. The van der Waals surface area contributed by atoms with Crippen molar-refractivity contribution in [1.82, 2.24) is 10.2 Å². The quantitative estimate of drug-likeness (QED) is 0.811. The summed E-state index contributed by atoms with van der Waals surface area (Å²) in [4.78, 5) is 28.1. The minimum absolute atomic E-state index is 0.00184. The first-order chi connectivity index (χ1) is 13.7. The average molecular weight is 396 g/mol. The molecular weight excluding hydrogens is 370 g/mol. The Kier molecular flexibility index (Phi) is 5.98. The number of likely N-dealkylation sites (tertiary alicyclic amines) is 1. The number of benzene rings is 2. The van der Waals surface area contributed by atoms with Crippen molar-refractivity contribution in [3.05, 3.63) is 59.7 Å². The van der Waals surface area contributed by atoms with Gasteiger partial charge in [0.05, 0.1) is 11.7 Å². The van der Waals surface area contributed by atoms with Crippen molar-refractivity contribution in [3.8, 4) is 0 Å². The number of hydrogen-bond acceptors (Lipinski definition) is 4. The van der Waals surface area contributed by atoms with Crippen LogP contribution in [0.3, 0.4) is 0 Å². The number of carbonyl (C=O) groups excluding carboxylic acids is 2. The molecule has 1 fully saturated rings. The second-order valence-electron chi connectivity index (χ2n) is 7.24. The molecule has 1 unspecified atom stereocenters. The van der Waals surface area contributed by atoms with Crippen molar-refractivity contribution in [2.45, 2.75) is 30.2 Å². The number of rotatable bonds is 5. The molecule has 2 aromatic carbocycles. The van der Waals surface area contributed by atoms with Crippen molar-refractivity contribution < 1.29 is 9.59 Å². The molecule has 1 atom stereocenters. The normalized spacial score (nSPS) is 18.1. The molecule has 0 spiro atoms. The van der Waals surface area contributed by atoms with E-state index in [-0.39, 0.29) is 17.9 Å². The number of amides is 2. The van der Waals surface area contributed by atoms with Crippen LogP contribution < -0.4 is 10.6 Å². The van der Waals surface area contributed by atoms with Crippen LogP contribution in [0.1, 0.15) is 41.2 Å². The fourth-order valence-electron chi connectivity index (χ4n) is 3.84. The van der Waals surface area contributed by atoms with Gasteiger partial charge in [0.15, 0.2) is 0 Å². The monoisotopic (exact) mass is 395 g/mol. The van der Waals surface area contributed by atoms with E-state index < -0.39 is 0 Å². The first kappa shape index (κ1) is 19.0. The van der Waals surface area contributed by atoms with Gasteiger partial charge in [0, 0.05) is 29.2 Å². The van der Waals surface area contributed by atoms with E-state index in [4.69, 9.17) is 0 Å². The number of nitrogens with one attached hydrogen (secondary N) is 2. The van der Waals surface area contributed by atoms with Gasteiger partial charge in [0.2, 0.25) is 5.91 Å². The molecule has 1 saturated heterocycles. The van der Waals surface area contributed by atoms with Crippen LogP contribution in [0.15, 0.2) is 53.4 Å². The summed E-state index contributed by atoms with van der Waals surface area (Å²) in [6, 6.07) is 16.1. The Balaban J connectivity index is 1.47. The zero-order chi connectivity index (χ0) is 19.3. The van der Waals surface area contributed by atoms with Crippen LogP contribution in [0, 0.1) is 0 Å². The molecule has 2 aliphatic rings. The van der Waals surface area contributed by atoms with Crippen molar-refractivity contribution in [2.24, 2.45) is 0 Å². The lowest BCUT2D eigenvalue weighted by atomic mass is 10.1. The molecule has 5 nitrogen and oxygen atoms in total. The van der Waals surface area contributed by atoms with Crippen LogP contribution in [-0.2, 0) is 4.79 Å². The highest BCUT2D eigenvalue weighted by molar-refractivity contribution is 7.99. The molecule has 0 aliphatic carbocycles. The van der Waals surface area contributed by atoms with E-state index in [1.165, 1.54) is 18.4 Å². The third-order valence-corrected chi connectivity index (χ3v) is 6.40. The lowest BCUT2D eigenvalue weighted by Crippen LogP contribution is -2.36. The van der Waals surface area contributed by atoms with Crippen molar-refractivity contribution in [2.75, 3.05) is 30.7 Å². The SMILES string of the molecule is O=C1CCSc2ccc(C(=O)NCC(c3ccccc3)N3CCCC3)cc2N1. The van der Waals surface area contributed by atoms with Gasteiger partial charge in [-0.25, -0.2) is 0 Å². The predicted molar refractivity (Wildman–Crippen MR) is 113 cm³/mol. The second kappa shape index (κ2) is 8.80. The van der Waals surface area contributed by atoms with Crippen molar-refractivity contribution in [1.29, 1.82) is 0 Å². The van der Waals surface area contributed by atoms with Gasteiger partial charge in [-0.1, -0.05) is 30.3 Å². The second-order valence-corrected chi connectivity index (χ2v) is 8.37. The van der Waals surface area contributed by atoms with Crippen LogP contribution in [0.5, 0.6) is 0 Å². The molecule has 2 amide bonds. The number of fused-ring (bicyclic) bond motifs is 1. The van der Waals surface area contributed by atoms with E-state index in [9.17, 15) is 9.59 Å². The Hall–Kier alpha value is -2.31. The summed E-state index contributed by atoms with van der Waals surface area (Å²) in [5.74, 6) is 0.660. The van der Waals surface area contributed by atoms with Gasteiger partial charge in [-0.2, -0.15) is 0 Å². The molecule has 4 rings (SSSR count). The van der Waals surface area contributed by atoms with E-state index in [0.29, 0.717) is 18.5 Å². The van der Waals surface area contributed by atoms with E-state index in [2.05, 4.69) is 27.7 Å². The number of nitrogens with zero attached hydrogens (tertiary/aromatic N) is 1. The van der Waals surface area contributed by atoms with Gasteiger partial charge in [0.25, 0.3) is 5.91 Å². The van der Waals surface area contributed by atoms with E-state index in [0.717, 1.165) is 29.4 Å². The fraction of sp³-hybridized carbons (Fsp3) is 0.364. The first-order valence-corrected chi connectivity index (χ1v) is 10.8. The first-order valence-electron chi connectivity index (χ1n) is 9.84. The molecule has 0 radical (unpaired) electrons. The van der Waals surface area contributed by atoms with Gasteiger partial charge in [-0.05, 0) is 49.7 Å². The zero-order valence-corrected chi connectivity index (χ0v) is 16.6. The minimum atomic E-state index is -0.105. The Morgan fingerprint density at radius 2 is 1.93 bits per heavy atom. The molecule has 0 bridgehead atoms. The molecule has 28 heavy (non-hydrogen) atoms. The summed E-state index contributed by atoms with van der Waals surface area (Å²) in [5, 5.41) is 6.01. The smallest absolute Gasteiger partial charge is 0.251 e. The lowest BCUT2D eigenvalue weighted by molar-refractivity contribution is -0.115. The molecule has 2 N–H and O–H groups in total. The lowest BCUT2D eigenvalue weighted by Gasteiger charge is -2.28. The van der Waals surface area contributed by atoms with Gasteiger partial charge in [-0.3, -0.25) is 14.5 Å². The maximum atomic E-state index is 12.8. The zero-order valence-electron chi connectivity index (χ0n) is 15.8. The molecule has 2 heterocycles. The highest BCUT2D eigenvalue weighted by Gasteiger charge is 2.24. The summed E-state index contributed by atoms with van der Waals surface area (Å²) in [5.41, 5.74) is 2.55.